The Morgan fingerprint density at radius 2 is 1.88 bits per heavy atom. The zero-order valence-corrected chi connectivity index (χ0v) is 9.60. The molecule has 1 saturated heterocycles. The molecule has 3 rings (SSSR count). The average Bonchev–Trinajstić information content (AvgIpc) is 2.95. The number of rotatable bonds is 2. The quantitative estimate of drug-likeness (QED) is 0.811. The van der Waals surface area contributed by atoms with Gasteiger partial charge in [-0.25, -0.2) is 0 Å². The first kappa shape index (κ1) is 10.3. The van der Waals surface area contributed by atoms with Crippen molar-refractivity contribution in [3.05, 3.63) is 35.4 Å². The molecule has 1 heterocycles. The molecule has 0 unspecified atom stereocenters. The lowest BCUT2D eigenvalue weighted by Crippen LogP contribution is -2.34. The maximum absolute atomic E-state index is 9.17. The van der Waals surface area contributed by atoms with E-state index in [0.717, 1.165) is 6.54 Å². The number of hydrogen-bond acceptors (Lipinski definition) is 2. The maximum atomic E-state index is 9.17. The molecule has 1 N–H and O–H groups in total. The molecule has 0 amide bonds. The van der Waals surface area contributed by atoms with Crippen LogP contribution < -0.4 is 0 Å². The van der Waals surface area contributed by atoms with Gasteiger partial charge in [0.2, 0.25) is 0 Å². The number of nitrogens with zero attached hydrogens (tertiary/aromatic N) is 1. The molecule has 1 fully saturated rings. The first-order chi connectivity index (χ1) is 7.86. The van der Waals surface area contributed by atoms with E-state index in [2.05, 4.69) is 29.2 Å². The Kier molecular flexibility index (Phi) is 2.70. The van der Waals surface area contributed by atoms with Crippen molar-refractivity contribution in [3.63, 3.8) is 0 Å². The summed E-state index contributed by atoms with van der Waals surface area (Å²) in [6.45, 7) is 2.62. The molecule has 0 spiro atoms. The Bertz CT molecular complexity index is 352. The van der Waals surface area contributed by atoms with E-state index in [0.29, 0.717) is 18.6 Å². The second-order valence-corrected chi connectivity index (χ2v) is 5.16. The van der Waals surface area contributed by atoms with E-state index in [1.165, 1.54) is 36.9 Å². The van der Waals surface area contributed by atoms with E-state index in [9.17, 15) is 5.11 Å². The molecule has 2 heteroatoms. The molecule has 0 saturated carbocycles. The highest BCUT2D eigenvalue weighted by Gasteiger charge is 2.31. The topological polar surface area (TPSA) is 23.5 Å². The summed E-state index contributed by atoms with van der Waals surface area (Å²) in [7, 11) is 0. The van der Waals surface area contributed by atoms with E-state index in [1.807, 2.05) is 0 Å². The zero-order valence-electron chi connectivity index (χ0n) is 9.60. The fraction of sp³-hybridized carbons (Fsp3) is 0.571. The number of benzene rings is 1. The Morgan fingerprint density at radius 1 is 1.19 bits per heavy atom. The normalized spacial score (nSPS) is 26.2. The second-order valence-electron chi connectivity index (χ2n) is 5.16. The van der Waals surface area contributed by atoms with Crippen molar-refractivity contribution in [1.29, 1.82) is 0 Å². The lowest BCUT2D eigenvalue weighted by Gasteiger charge is -2.23. The summed E-state index contributed by atoms with van der Waals surface area (Å²) in [6.07, 6.45) is 3.58. The molecule has 86 valence electrons. The van der Waals surface area contributed by atoms with Crippen LogP contribution in [0, 0.1) is 5.92 Å². The van der Waals surface area contributed by atoms with Gasteiger partial charge >= 0.3 is 0 Å². The average molecular weight is 217 g/mol. The van der Waals surface area contributed by atoms with Gasteiger partial charge in [0, 0.05) is 19.2 Å². The summed E-state index contributed by atoms with van der Waals surface area (Å²) in [5, 5.41) is 9.17. The van der Waals surface area contributed by atoms with Crippen LogP contribution in [-0.4, -0.2) is 35.7 Å². The Balaban J connectivity index is 1.68. The summed E-state index contributed by atoms with van der Waals surface area (Å²) in [6, 6.07) is 9.49. The molecular weight excluding hydrogens is 198 g/mol. The smallest absolute Gasteiger partial charge is 0.0471 e. The van der Waals surface area contributed by atoms with Gasteiger partial charge < -0.3 is 5.11 Å². The molecule has 1 aromatic carbocycles. The SMILES string of the molecule is OC[C@H]1CCN(C2Cc3ccccc3C2)C1. The highest BCUT2D eigenvalue weighted by molar-refractivity contribution is 5.33. The van der Waals surface area contributed by atoms with Crippen molar-refractivity contribution < 1.29 is 5.11 Å². The molecule has 1 aromatic rings. The monoisotopic (exact) mass is 217 g/mol. The summed E-state index contributed by atoms with van der Waals surface area (Å²) < 4.78 is 0. The van der Waals surface area contributed by atoms with Crippen LogP contribution in [0.5, 0.6) is 0 Å². The molecule has 1 atom stereocenters. The summed E-state index contributed by atoms with van der Waals surface area (Å²) in [5.74, 6) is 0.517. The van der Waals surface area contributed by atoms with Gasteiger partial charge in [-0.3, -0.25) is 4.90 Å². The minimum absolute atomic E-state index is 0.357. The predicted octanol–water partition coefficient (Wildman–Crippen LogP) is 1.47. The zero-order chi connectivity index (χ0) is 11.0. The first-order valence-corrected chi connectivity index (χ1v) is 6.28. The molecule has 0 bridgehead atoms. The summed E-state index contributed by atoms with van der Waals surface area (Å²) >= 11 is 0. The van der Waals surface area contributed by atoms with Crippen molar-refractivity contribution in [2.45, 2.75) is 25.3 Å². The van der Waals surface area contributed by atoms with Crippen molar-refractivity contribution in [3.8, 4) is 0 Å². The van der Waals surface area contributed by atoms with E-state index in [-0.39, 0.29) is 0 Å². The maximum Gasteiger partial charge on any atom is 0.0471 e. The summed E-state index contributed by atoms with van der Waals surface area (Å²) in [5.41, 5.74) is 3.06. The minimum Gasteiger partial charge on any atom is -0.396 e. The third-order valence-electron chi connectivity index (χ3n) is 4.12. The van der Waals surface area contributed by atoms with E-state index >= 15 is 0 Å². The van der Waals surface area contributed by atoms with Crippen LogP contribution in [-0.2, 0) is 12.8 Å². The molecule has 0 radical (unpaired) electrons. The molecule has 0 aromatic heterocycles. The number of aliphatic hydroxyl groups is 1. The first-order valence-electron chi connectivity index (χ1n) is 6.28. The Morgan fingerprint density at radius 3 is 2.44 bits per heavy atom. The highest BCUT2D eigenvalue weighted by Crippen LogP contribution is 2.28. The number of hydrogen-bond donors (Lipinski definition) is 1. The second kappa shape index (κ2) is 4.19. The largest absolute Gasteiger partial charge is 0.396 e. The molecule has 16 heavy (non-hydrogen) atoms. The van der Waals surface area contributed by atoms with Gasteiger partial charge in [0.25, 0.3) is 0 Å². The molecule has 2 aliphatic rings. The van der Waals surface area contributed by atoms with Crippen molar-refractivity contribution in [2.24, 2.45) is 5.92 Å². The van der Waals surface area contributed by atoms with E-state index < -0.39 is 0 Å². The lowest BCUT2D eigenvalue weighted by atomic mass is 10.1. The molecule has 2 nitrogen and oxygen atoms in total. The van der Waals surface area contributed by atoms with E-state index in [1.54, 1.807) is 0 Å². The fourth-order valence-corrected chi connectivity index (χ4v) is 3.14. The Hall–Kier alpha value is -0.860. The van der Waals surface area contributed by atoms with Gasteiger partial charge in [-0.05, 0) is 42.9 Å². The van der Waals surface area contributed by atoms with Crippen LogP contribution in [0.25, 0.3) is 0 Å². The number of aliphatic hydroxyl groups excluding tert-OH is 1. The van der Waals surface area contributed by atoms with Crippen LogP contribution in [0.1, 0.15) is 17.5 Å². The molecule has 1 aliphatic heterocycles. The lowest BCUT2D eigenvalue weighted by molar-refractivity contribution is 0.200. The van der Waals surface area contributed by atoms with Gasteiger partial charge in [-0.15, -0.1) is 0 Å². The van der Waals surface area contributed by atoms with Gasteiger partial charge in [0.15, 0.2) is 0 Å². The van der Waals surface area contributed by atoms with Crippen molar-refractivity contribution in [2.75, 3.05) is 19.7 Å². The Labute approximate surface area is 96.9 Å². The molecule has 1 aliphatic carbocycles. The van der Waals surface area contributed by atoms with Gasteiger partial charge in [-0.1, -0.05) is 24.3 Å². The van der Waals surface area contributed by atoms with Gasteiger partial charge in [-0.2, -0.15) is 0 Å². The highest BCUT2D eigenvalue weighted by atomic mass is 16.3. The van der Waals surface area contributed by atoms with Crippen LogP contribution >= 0.6 is 0 Å². The third kappa shape index (κ3) is 1.76. The van der Waals surface area contributed by atoms with Gasteiger partial charge in [0.1, 0.15) is 0 Å². The van der Waals surface area contributed by atoms with Crippen molar-refractivity contribution >= 4 is 0 Å². The van der Waals surface area contributed by atoms with Gasteiger partial charge in [0.05, 0.1) is 0 Å². The van der Waals surface area contributed by atoms with Crippen molar-refractivity contribution in [1.82, 2.24) is 4.90 Å². The predicted molar refractivity (Wildman–Crippen MR) is 64.4 cm³/mol. The van der Waals surface area contributed by atoms with Crippen LogP contribution in [0.15, 0.2) is 24.3 Å². The minimum atomic E-state index is 0.357. The molecular formula is C14H19NO. The van der Waals surface area contributed by atoms with Crippen LogP contribution in [0.2, 0.25) is 0 Å². The third-order valence-corrected chi connectivity index (χ3v) is 4.12. The number of fused-ring (bicyclic) bond motifs is 1. The fourth-order valence-electron chi connectivity index (χ4n) is 3.14. The standard InChI is InChI=1S/C14H19NO/c16-10-11-5-6-15(9-11)14-7-12-3-1-2-4-13(12)8-14/h1-4,11,14,16H,5-10H2/t11-/m0/s1. The summed E-state index contributed by atoms with van der Waals surface area (Å²) in [4.78, 5) is 2.57. The number of likely N-dealkylation sites (tertiary alicyclic amines) is 1. The van der Waals surface area contributed by atoms with Crippen LogP contribution in [0.4, 0.5) is 0 Å². The van der Waals surface area contributed by atoms with Crippen LogP contribution in [0.3, 0.4) is 0 Å². The van der Waals surface area contributed by atoms with E-state index in [4.69, 9.17) is 0 Å².